The Hall–Kier alpha value is -3.03. The topological polar surface area (TPSA) is 135 Å². The summed E-state index contributed by atoms with van der Waals surface area (Å²) in [6.07, 6.45) is -0.149. The Morgan fingerprint density at radius 1 is 1.31 bits per heavy atom. The average Bonchev–Trinajstić information content (AvgIpc) is 3.26. The van der Waals surface area contributed by atoms with Gasteiger partial charge in [-0.25, -0.2) is 17.8 Å². The maximum atomic E-state index is 15.3. The lowest BCUT2D eigenvalue weighted by Gasteiger charge is -2.28. The predicted octanol–water partition coefficient (Wildman–Crippen LogP) is 1.78. The predicted molar refractivity (Wildman–Crippen MR) is 112 cm³/mol. The van der Waals surface area contributed by atoms with Crippen LogP contribution in [0, 0.1) is 24.5 Å². The average molecular weight is 472 g/mol. The third kappa shape index (κ3) is 4.45. The van der Waals surface area contributed by atoms with Crippen molar-refractivity contribution in [3.8, 4) is 0 Å². The van der Waals surface area contributed by atoms with Crippen LogP contribution in [0.4, 0.5) is 25.0 Å². The zero-order valence-electron chi connectivity index (χ0n) is 17.2. The number of aliphatic hydroxyl groups is 1. The Balaban J connectivity index is 1.94. The van der Waals surface area contributed by atoms with Crippen molar-refractivity contribution in [1.29, 1.82) is 0 Å². The Morgan fingerprint density at radius 2 is 2.00 bits per heavy atom. The number of aliphatic hydroxyl groups excluding tert-OH is 1. The molecule has 1 aromatic carbocycles. The van der Waals surface area contributed by atoms with E-state index in [1.165, 1.54) is 26.1 Å². The number of amides is 2. The molecule has 174 valence electrons. The van der Waals surface area contributed by atoms with Gasteiger partial charge in [-0.1, -0.05) is 0 Å². The highest BCUT2D eigenvalue weighted by atomic mass is 32.2. The van der Waals surface area contributed by atoms with Gasteiger partial charge in [0.15, 0.2) is 5.82 Å². The molecule has 2 heterocycles. The smallest absolute Gasteiger partial charge is 0.407 e. The number of rotatable bonds is 6. The maximum absolute atomic E-state index is 15.3. The van der Waals surface area contributed by atoms with Crippen molar-refractivity contribution in [2.45, 2.75) is 13.0 Å². The third-order valence-corrected chi connectivity index (χ3v) is 6.15. The van der Waals surface area contributed by atoms with Crippen LogP contribution in [0.25, 0.3) is 0 Å². The molecule has 0 bridgehead atoms. The van der Waals surface area contributed by atoms with Crippen LogP contribution in [0.2, 0.25) is 0 Å². The van der Waals surface area contributed by atoms with E-state index in [4.69, 9.17) is 0 Å². The lowest BCUT2D eigenvalue weighted by Crippen LogP contribution is -2.43. The SMILES string of the molecule is Cc1cc(NC(=O)c2c(F)c(N([C@H]3CN(C(=O)O)C[C@@H]3CO)S(=O)O)cn2C)ccc1F. The molecule has 4 N–H and O–H groups in total. The third-order valence-electron chi connectivity index (χ3n) is 5.35. The molecule has 2 amide bonds. The van der Waals surface area contributed by atoms with Crippen LogP contribution in [-0.4, -0.2) is 66.2 Å². The van der Waals surface area contributed by atoms with Crippen molar-refractivity contribution in [3.63, 3.8) is 0 Å². The highest BCUT2D eigenvalue weighted by molar-refractivity contribution is 7.80. The highest BCUT2D eigenvalue weighted by Crippen LogP contribution is 2.32. The van der Waals surface area contributed by atoms with Gasteiger partial charge in [0.05, 0.1) is 6.04 Å². The monoisotopic (exact) mass is 472 g/mol. The number of nitrogens with one attached hydrogen (secondary N) is 1. The molecule has 13 heteroatoms. The molecule has 1 aromatic heterocycles. The van der Waals surface area contributed by atoms with Crippen LogP contribution in [0.3, 0.4) is 0 Å². The largest absolute Gasteiger partial charge is 0.465 e. The number of aryl methyl sites for hydroxylation is 2. The van der Waals surface area contributed by atoms with E-state index in [0.29, 0.717) is 0 Å². The van der Waals surface area contributed by atoms with E-state index < -0.39 is 64.8 Å². The Bertz CT molecular complexity index is 1080. The van der Waals surface area contributed by atoms with Gasteiger partial charge < -0.3 is 25.0 Å². The first kappa shape index (κ1) is 23.6. The van der Waals surface area contributed by atoms with E-state index in [9.17, 15) is 33.0 Å². The molecule has 3 atom stereocenters. The number of nitrogens with zero attached hydrogens (tertiary/aromatic N) is 3. The first-order chi connectivity index (χ1) is 15.0. The molecule has 1 aliphatic rings. The fourth-order valence-corrected chi connectivity index (χ4v) is 4.51. The van der Waals surface area contributed by atoms with Crippen LogP contribution in [0.5, 0.6) is 0 Å². The van der Waals surface area contributed by atoms with Crippen molar-refractivity contribution in [1.82, 2.24) is 9.47 Å². The number of carboxylic acid groups (broad SMARTS) is 1. The van der Waals surface area contributed by atoms with Crippen molar-refractivity contribution in [2.24, 2.45) is 13.0 Å². The van der Waals surface area contributed by atoms with E-state index in [0.717, 1.165) is 26.0 Å². The second-order valence-corrected chi connectivity index (χ2v) is 8.31. The number of carbonyl (C=O) groups excluding carboxylic acids is 1. The summed E-state index contributed by atoms with van der Waals surface area (Å²) in [5.74, 6) is -3.19. The molecular weight excluding hydrogens is 450 g/mol. The van der Waals surface area contributed by atoms with Gasteiger partial charge in [0, 0.05) is 44.5 Å². The van der Waals surface area contributed by atoms with Gasteiger partial charge in [-0.15, -0.1) is 0 Å². The fraction of sp³-hybridized carbons (Fsp3) is 0.368. The van der Waals surface area contributed by atoms with Gasteiger partial charge in [-0.2, -0.15) is 0 Å². The van der Waals surface area contributed by atoms with Crippen LogP contribution in [-0.2, 0) is 18.3 Å². The molecule has 1 unspecified atom stereocenters. The standard InChI is InChI=1S/C19H22F2N4O6S/c1-10-5-12(3-4-13(10)20)22-18(27)17-16(21)15(7-23(17)2)25(32(30)31)14-8-24(19(28)29)6-11(14)9-26/h3-5,7,11,14,26H,6,8-9H2,1-2H3,(H,22,27)(H,28,29)(H,30,31)/t11-,14+/m1/s1. The summed E-state index contributed by atoms with van der Waals surface area (Å²) in [5, 5.41) is 21.3. The summed E-state index contributed by atoms with van der Waals surface area (Å²) in [6.45, 7) is 0.668. The van der Waals surface area contributed by atoms with Crippen molar-refractivity contribution < 1.29 is 37.3 Å². The van der Waals surface area contributed by atoms with Gasteiger partial charge in [0.25, 0.3) is 17.2 Å². The second-order valence-electron chi connectivity index (χ2n) is 7.46. The summed E-state index contributed by atoms with van der Waals surface area (Å²) in [4.78, 5) is 25.0. The van der Waals surface area contributed by atoms with Gasteiger partial charge >= 0.3 is 6.09 Å². The first-order valence-corrected chi connectivity index (χ1v) is 10.5. The highest BCUT2D eigenvalue weighted by Gasteiger charge is 2.42. The van der Waals surface area contributed by atoms with Crippen LogP contribution in [0.1, 0.15) is 16.1 Å². The summed E-state index contributed by atoms with van der Waals surface area (Å²) >= 11 is -2.78. The molecule has 1 aliphatic heterocycles. The molecule has 3 rings (SSSR count). The maximum Gasteiger partial charge on any atom is 0.407 e. The molecule has 2 aromatic rings. The van der Waals surface area contributed by atoms with Crippen LogP contribution in [0.15, 0.2) is 24.4 Å². The number of benzene rings is 1. The molecule has 0 spiro atoms. The van der Waals surface area contributed by atoms with Crippen molar-refractivity contribution >= 4 is 34.6 Å². The van der Waals surface area contributed by atoms with Crippen LogP contribution < -0.4 is 9.62 Å². The van der Waals surface area contributed by atoms with Crippen molar-refractivity contribution in [2.75, 3.05) is 29.3 Å². The Kier molecular flexibility index (Phi) is 6.81. The number of hydrogen-bond acceptors (Lipinski definition) is 4. The van der Waals surface area contributed by atoms with E-state index in [-0.39, 0.29) is 24.3 Å². The normalized spacial score (nSPS) is 19.1. The number of anilines is 2. The summed E-state index contributed by atoms with van der Waals surface area (Å²) in [7, 11) is 1.36. The molecule has 0 aliphatic carbocycles. The number of halogens is 2. The van der Waals surface area contributed by atoms with E-state index >= 15 is 4.39 Å². The minimum absolute atomic E-state index is 0.101. The Morgan fingerprint density at radius 3 is 2.56 bits per heavy atom. The van der Waals surface area contributed by atoms with E-state index in [2.05, 4.69) is 5.32 Å². The molecule has 1 saturated heterocycles. The van der Waals surface area contributed by atoms with Crippen molar-refractivity contribution in [3.05, 3.63) is 47.3 Å². The Labute approximate surface area is 184 Å². The van der Waals surface area contributed by atoms with Gasteiger partial charge in [0.1, 0.15) is 17.2 Å². The van der Waals surface area contributed by atoms with E-state index in [1.807, 2.05) is 0 Å². The lowest BCUT2D eigenvalue weighted by atomic mass is 10.1. The summed E-state index contributed by atoms with van der Waals surface area (Å²) in [6, 6.07) is 2.82. The van der Waals surface area contributed by atoms with E-state index in [1.54, 1.807) is 0 Å². The summed E-state index contributed by atoms with van der Waals surface area (Å²) in [5.41, 5.74) is -0.348. The quantitative estimate of drug-likeness (QED) is 0.474. The molecule has 0 radical (unpaired) electrons. The zero-order chi connectivity index (χ0) is 23.7. The zero-order valence-corrected chi connectivity index (χ0v) is 18.0. The number of carbonyl (C=O) groups is 2. The van der Waals surface area contributed by atoms with Gasteiger partial charge in [-0.05, 0) is 30.7 Å². The van der Waals surface area contributed by atoms with Gasteiger partial charge in [-0.3, -0.25) is 13.7 Å². The minimum atomic E-state index is -2.78. The number of aromatic nitrogens is 1. The molecule has 10 nitrogen and oxygen atoms in total. The molecule has 1 fully saturated rings. The number of likely N-dealkylation sites (tertiary alicyclic amines) is 1. The molecule has 32 heavy (non-hydrogen) atoms. The lowest BCUT2D eigenvalue weighted by molar-refractivity contribution is 0.101. The fourth-order valence-electron chi connectivity index (χ4n) is 3.74. The van der Waals surface area contributed by atoms with Crippen LogP contribution >= 0.6 is 0 Å². The molecular formula is C19H22F2N4O6S. The summed E-state index contributed by atoms with van der Waals surface area (Å²) < 4.78 is 52.6. The number of hydrogen-bond donors (Lipinski definition) is 4. The first-order valence-electron chi connectivity index (χ1n) is 9.46. The minimum Gasteiger partial charge on any atom is -0.465 e. The second kappa shape index (κ2) is 9.22. The molecule has 0 saturated carbocycles. The van der Waals surface area contributed by atoms with Gasteiger partial charge in [0.2, 0.25) is 0 Å².